The fourth-order valence-corrected chi connectivity index (χ4v) is 2.10. The molecule has 3 N–H and O–H groups in total. The Labute approximate surface area is 107 Å². The Bertz CT molecular complexity index is 491. The van der Waals surface area contributed by atoms with E-state index in [4.69, 9.17) is 5.84 Å². The largest absolute Gasteiger partial charge is 0.271 e. The van der Waals surface area contributed by atoms with E-state index in [1.54, 1.807) is 6.20 Å². The lowest BCUT2D eigenvalue weighted by Crippen LogP contribution is -2.30. The van der Waals surface area contributed by atoms with Crippen LogP contribution in [0.2, 0.25) is 0 Å². The second kappa shape index (κ2) is 5.75. The summed E-state index contributed by atoms with van der Waals surface area (Å²) in [6, 6.07) is 6.10. The van der Waals surface area contributed by atoms with Crippen molar-refractivity contribution in [2.24, 2.45) is 5.84 Å². The van der Waals surface area contributed by atoms with E-state index < -0.39 is 0 Å². The average molecular weight is 245 g/mol. The molecular formula is C13H19N5. The number of rotatable bonds is 5. The molecule has 0 aliphatic carbocycles. The molecule has 0 saturated heterocycles. The molecule has 0 radical (unpaired) electrons. The van der Waals surface area contributed by atoms with Crippen LogP contribution in [-0.2, 0) is 13.0 Å². The molecule has 0 aromatic carbocycles. The topological polar surface area (TPSA) is 68.8 Å². The summed E-state index contributed by atoms with van der Waals surface area (Å²) in [5.74, 6) is 5.64. The number of hydrazine groups is 1. The predicted molar refractivity (Wildman–Crippen MR) is 70.6 cm³/mol. The highest BCUT2D eigenvalue weighted by Gasteiger charge is 2.14. The Morgan fingerprint density at radius 1 is 1.50 bits per heavy atom. The zero-order valence-electron chi connectivity index (χ0n) is 10.8. The lowest BCUT2D eigenvalue weighted by molar-refractivity contribution is 0.516. The van der Waals surface area contributed by atoms with Gasteiger partial charge in [0, 0.05) is 31.1 Å². The van der Waals surface area contributed by atoms with Gasteiger partial charge in [0.05, 0.1) is 11.7 Å². The summed E-state index contributed by atoms with van der Waals surface area (Å²) < 4.78 is 2.01. The van der Waals surface area contributed by atoms with Crippen LogP contribution in [-0.4, -0.2) is 14.8 Å². The first-order chi connectivity index (χ1) is 8.74. The van der Waals surface area contributed by atoms with E-state index in [0.29, 0.717) is 0 Å². The Balaban J connectivity index is 2.20. The van der Waals surface area contributed by atoms with Crippen LogP contribution in [0.4, 0.5) is 0 Å². The monoisotopic (exact) mass is 245 g/mol. The van der Waals surface area contributed by atoms with Gasteiger partial charge in [0.1, 0.15) is 0 Å². The molecule has 1 atom stereocenters. The minimum Gasteiger partial charge on any atom is -0.271 e. The van der Waals surface area contributed by atoms with Gasteiger partial charge in [0.2, 0.25) is 0 Å². The number of hydrogen-bond donors (Lipinski definition) is 2. The normalized spacial score (nSPS) is 12.6. The number of aryl methyl sites for hydroxylation is 2. The molecule has 5 heteroatoms. The Morgan fingerprint density at radius 2 is 2.33 bits per heavy atom. The van der Waals surface area contributed by atoms with Gasteiger partial charge < -0.3 is 0 Å². The molecule has 0 spiro atoms. The molecule has 96 valence electrons. The van der Waals surface area contributed by atoms with Crippen LogP contribution in [0.1, 0.15) is 29.9 Å². The standard InChI is InChI=1S/C13H19N5/c1-3-18-12(7-10(2)17-18)8-13(16-14)11-5-4-6-15-9-11/h4-7,9,13,16H,3,8,14H2,1-2H3. The Kier molecular flexibility index (Phi) is 4.07. The molecule has 1 unspecified atom stereocenters. The van der Waals surface area contributed by atoms with E-state index in [1.165, 1.54) is 5.69 Å². The Hall–Kier alpha value is -1.72. The van der Waals surface area contributed by atoms with Crippen molar-refractivity contribution in [3.8, 4) is 0 Å². The quantitative estimate of drug-likeness (QED) is 0.616. The van der Waals surface area contributed by atoms with Gasteiger partial charge in [0.15, 0.2) is 0 Å². The van der Waals surface area contributed by atoms with Gasteiger partial charge in [-0.25, -0.2) is 0 Å². The first-order valence-corrected chi connectivity index (χ1v) is 6.14. The van der Waals surface area contributed by atoms with Crippen LogP contribution in [0.5, 0.6) is 0 Å². The lowest BCUT2D eigenvalue weighted by atomic mass is 10.0. The summed E-state index contributed by atoms with van der Waals surface area (Å²) in [6.45, 7) is 4.96. The highest BCUT2D eigenvalue weighted by atomic mass is 15.3. The number of nitrogens with two attached hydrogens (primary N) is 1. The van der Waals surface area contributed by atoms with Gasteiger partial charge in [0.25, 0.3) is 0 Å². The Morgan fingerprint density at radius 3 is 2.94 bits per heavy atom. The number of nitrogens with one attached hydrogen (secondary N) is 1. The van der Waals surface area contributed by atoms with Gasteiger partial charge in [-0.2, -0.15) is 5.10 Å². The molecule has 18 heavy (non-hydrogen) atoms. The van der Waals surface area contributed by atoms with Crippen molar-refractivity contribution in [1.29, 1.82) is 0 Å². The number of nitrogens with zero attached hydrogens (tertiary/aromatic N) is 3. The highest BCUT2D eigenvalue weighted by molar-refractivity contribution is 5.18. The molecule has 5 nitrogen and oxygen atoms in total. The van der Waals surface area contributed by atoms with E-state index in [1.807, 2.05) is 29.9 Å². The van der Waals surface area contributed by atoms with Crippen LogP contribution in [0.15, 0.2) is 30.6 Å². The molecule has 2 aromatic rings. The zero-order chi connectivity index (χ0) is 13.0. The molecule has 0 saturated carbocycles. The average Bonchev–Trinajstić information content (AvgIpc) is 2.77. The van der Waals surface area contributed by atoms with Crippen LogP contribution < -0.4 is 11.3 Å². The summed E-state index contributed by atoms with van der Waals surface area (Å²) >= 11 is 0. The number of pyridine rings is 1. The van der Waals surface area contributed by atoms with Crippen molar-refractivity contribution < 1.29 is 0 Å². The number of aromatic nitrogens is 3. The maximum absolute atomic E-state index is 5.64. The summed E-state index contributed by atoms with van der Waals surface area (Å²) in [4.78, 5) is 4.12. The van der Waals surface area contributed by atoms with Crippen molar-refractivity contribution >= 4 is 0 Å². The molecule has 2 aromatic heterocycles. The van der Waals surface area contributed by atoms with Crippen LogP contribution in [0, 0.1) is 6.92 Å². The van der Waals surface area contributed by atoms with Crippen LogP contribution >= 0.6 is 0 Å². The van der Waals surface area contributed by atoms with Gasteiger partial charge in [-0.15, -0.1) is 0 Å². The van der Waals surface area contributed by atoms with Crippen LogP contribution in [0.25, 0.3) is 0 Å². The summed E-state index contributed by atoms with van der Waals surface area (Å²) in [7, 11) is 0. The van der Waals surface area contributed by atoms with E-state index in [0.717, 1.165) is 24.2 Å². The molecular weight excluding hydrogens is 226 g/mol. The summed E-state index contributed by atoms with van der Waals surface area (Å²) in [5.41, 5.74) is 6.15. The fraction of sp³-hybridized carbons (Fsp3) is 0.385. The third kappa shape index (κ3) is 2.75. The summed E-state index contributed by atoms with van der Waals surface area (Å²) in [5, 5.41) is 4.44. The van der Waals surface area contributed by atoms with Gasteiger partial charge in [-0.3, -0.25) is 20.9 Å². The molecule has 0 amide bonds. The van der Waals surface area contributed by atoms with Gasteiger partial charge in [-0.1, -0.05) is 6.07 Å². The van der Waals surface area contributed by atoms with Crippen molar-refractivity contribution in [2.75, 3.05) is 0 Å². The number of hydrogen-bond acceptors (Lipinski definition) is 4. The lowest BCUT2D eigenvalue weighted by Gasteiger charge is -2.16. The first-order valence-electron chi connectivity index (χ1n) is 6.14. The molecule has 2 heterocycles. The van der Waals surface area contributed by atoms with E-state index >= 15 is 0 Å². The van der Waals surface area contributed by atoms with Gasteiger partial charge in [-0.05, 0) is 31.5 Å². The maximum Gasteiger partial charge on any atom is 0.0596 e. The molecule has 0 bridgehead atoms. The van der Waals surface area contributed by atoms with E-state index in [9.17, 15) is 0 Å². The van der Waals surface area contributed by atoms with Crippen molar-refractivity contribution in [3.63, 3.8) is 0 Å². The minimum absolute atomic E-state index is 0.0556. The fourth-order valence-electron chi connectivity index (χ4n) is 2.10. The summed E-state index contributed by atoms with van der Waals surface area (Å²) in [6.07, 6.45) is 4.40. The van der Waals surface area contributed by atoms with E-state index in [2.05, 4.69) is 28.5 Å². The molecule has 0 aliphatic heterocycles. The minimum atomic E-state index is 0.0556. The third-order valence-corrected chi connectivity index (χ3v) is 2.99. The maximum atomic E-state index is 5.64. The van der Waals surface area contributed by atoms with Crippen molar-refractivity contribution in [2.45, 2.75) is 32.9 Å². The van der Waals surface area contributed by atoms with E-state index in [-0.39, 0.29) is 6.04 Å². The van der Waals surface area contributed by atoms with Crippen molar-refractivity contribution in [1.82, 2.24) is 20.2 Å². The van der Waals surface area contributed by atoms with Gasteiger partial charge >= 0.3 is 0 Å². The van der Waals surface area contributed by atoms with Crippen molar-refractivity contribution in [3.05, 3.63) is 47.5 Å². The zero-order valence-corrected chi connectivity index (χ0v) is 10.8. The smallest absolute Gasteiger partial charge is 0.0596 e. The van der Waals surface area contributed by atoms with Crippen LogP contribution in [0.3, 0.4) is 0 Å². The predicted octanol–water partition coefficient (Wildman–Crippen LogP) is 1.35. The second-order valence-electron chi connectivity index (χ2n) is 4.30. The third-order valence-electron chi connectivity index (χ3n) is 2.99. The second-order valence-corrected chi connectivity index (χ2v) is 4.30. The SMILES string of the molecule is CCn1nc(C)cc1CC(NN)c1cccnc1. The molecule has 0 aliphatic rings. The first kappa shape index (κ1) is 12.7. The molecule has 2 rings (SSSR count). The highest BCUT2D eigenvalue weighted by Crippen LogP contribution is 2.17. The molecule has 0 fully saturated rings.